The molecule has 3 aromatic carbocycles. The van der Waals surface area contributed by atoms with Crippen LogP contribution in [0.2, 0.25) is 0 Å². The number of hydrogen-bond acceptors (Lipinski definition) is 1. The topological polar surface area (TPSA) is 37.3 Å². The molecule has 132 valence electrons. The molecule has 0 aliphatic heterocycles. The number of rotatable bonds is 6. The van der Waals surface area contributed by atoms with Crippen molar-refractivity contribution in [2.45, 2.75) is 19.3 Å². The molecule has 3 aromatic rings. The Hall–Kier alpha value is -1.96. The fourth-order valence-electron chi connectivity index (χ4n) is 3.18. The molecule has 0 fully saturated rings. The summed E-state index contributed by atoms with van der Waals surface area (Å²) in [4.78, 5) is 11.5. The van der Waals surface area contributed by atoms with Gasteiger partial charge in [0.25, 0.3) is 0 Å². The molecule has 1 atom stereocenters. The van der Waals surface area contributed by atoms with E-state index < -0.39 is 17.9 Å². The van der Waals surface area contributed by atoms with E-state index in [9.17, 15) is 9.90 Å². The number of hydrogen-bond donors (Lipinski definition) is 1. The van der Waals surface area contributed by atoms with E-state index in [1.165, 1.54) is 15.9 Å². The van der Waals surface area contributed by atoms with E-state index in [0.29, 0.717) is 6.42 Å². The molecular formula is C22H21BrO2P+. The smallest absolute Gasteiger partial charge is 0.310 e. The Morgan fingerprint density at radius 2 is 1.27 bits per heavy atom. The van der Waals surface area contributed by atoms with E-state index in [-0.39, 0.29) is 0 Å². The second-order valence-corrected chi connectivity index (χ2v) is 12.1. The van der Waals surface area contributed by atoms with Gasteiger partial charge >= 0.3 is 5.97 Å². The third kappa shape index (κ3) is 3.60. The van der Waals surface area contributed by atoms with Crippen LogP contribution in [0.1, 0.15) is 24.8 Å². The van der Waals surface area contributed by atoms with Gasteiger partial charge in [-0.15, -0.1) is 0 Å². The van der Waals surface area contributed by atoms with Crippen LogP contribution >= 0.6 is 21.5 Å². The van der Waals surface area contributed by atoms with Crippen LogP contribution in [0.5, 0.6) is 0 Å². The molecule has 4 heteroatoms. The highest BCUT2D eigenvalue weighted by Crippen LogP contribution is 2.62. The van der Waals surface area contributed by atoms with E-state index in [0.717, 1.165) is 5.56 Å². The number of carbonyl (C=O) groups is 1. The van der Waals surface area contributed by atoms with Crippen LogP contribution in [0, 0.1) is 0 Å². The first-order valence-corrected chi connectivity index (χ1v) is 12.4. The lowest BCUT2D eigenvalue weighted by atomic mass is 9.97. The first-order chi connectivity index (χ1) is 12.6. The number of carboxylic acid groups (broad SMARTS) is 1. The molecule has 1 N–H and O–H groups in total. The Kier molecular flexibility index (Phi) is 5.90. The van der Waals surface area contributed by atoms with E-state index >= 15 is 0 Å². The number of aliphatic carboxylic acids is 1. The lowest BCUT2D eigenvalue weighted by molar-refractivity contribution is -0.138. The van der Waals surface area contributed by atoms with Gasteiger partial charge in [0.2, 0.25) is 0 Å². The standard InChI is InChI=1S/C22H20BrO2P/c1-2-21(22(24)25)17-13-15-20(16-14-17)26(23,18-9-5-3-6-10-18)19-11-7-4-8-12-19/h3-16,21H,2H2,1H3/p+1. The third-order valence-corrected chi connectivity index (χ3v) is 11.3. The zero-order valence-electron chi connectivity index (χ0n) is 14.5. The molecule has 0 saturated heterocycles. The summed E-state index contributed by atoms with van der Waals surface area (Å²) in [5.41, 5.74) is 0.851. The average Bonchev–Trinajstić information content (AvgIpc) is 2.69. The van der Waals surface area contributed by atoms with Gasteiger partial charge in [-0.05, 0) is 48.4 Å². The molecule has 0 aliphatic carbocycles. The van der Waals surface area contributed by atoms with Gasteiger partial charge in [0, 0.05) is 0 Å². The summed E-state index contributed by atoms with van der Waals surface area (Å²) in [5.74, 6) is -3.17. The van der Waals surface area contributed by atoms with Crippen LogP contribution in [-0.4, -0.2) is 11.1 Å². The third-order valence-electron chi connectivity index (χ3n) is 4.58. The second-order valence-electron chi connectivity index (χ2n) is 6.15. The van der Waals surface area contributed by atoms with Crippen LogP contribution < -0.4 is 15.9 Å². The van der Waals surface area contributed by atoms with E-state index in [1.807, 2.05) is 31.2 Å². The minimum absolute atomic E-state index is 0.458. The minimum atomic E-state index is -1.94. The maximum Gasteiger partial charge on any atom is 0.310 e. The van der Waals surface area contributed by atoms with Crippen molar-refractivity contribution < 1.29 is 9.90 Å². The van der Waals surface area contributed by atoms with Crippen molar-refractivity contribution in [2.24, 2.45) is 0 Å². The van der Waals surface area contributed by atoms with Crippen molar-refractivity contribution in [3.8, 4) is 0 Å². The SMILES string of the molecule is CCC(C(=O)O)c1ccc([P+](Br)(c2ccccc2)c2ccccc2)cc1. The van der Waals surface area contributed by atoms with Gasteiger partial charge in [-0.25, -0.2) is 0 Å². The predicted molar refractivity (Wildman–Crippen MR) is 115 cm³/mol. The molecule has 1 unspecified atom stereocenters. The highest BCUT2D eigenvalue weighted by Gasteiger charge is 2.43. The normalized spacial score (nSPS) is 12.5. The Morgan fingerprint density at radius 1 is 0.846 bits per heavy atom. The predicted octanol–water partition coefficient (Wildman–Crippen LogP) is 4.87. The summed E-state index contributed by atoms with van der Waals surface area (Å²) in [6.07, 6.45) is 0.584. The quantitative estimate of drug-likeness (QED) is 0.569. The fourth-order valence-corrected chi connectivity index (χ4v) is 7.93. The Labute approximate surface area is 163 Å². The molecule has 0 heterocycles. The summed E-state index contributed by atoms with van der Waals surface area (Å²) in [5, 5.41) is 13.1. The monoisotopic (exact) mass is 427 g/mol. The largest absolute Gasteiger partial charge is 0.481 e. The molecule has 0 aromatic heterocycles. The molecular weight excluding hydrogens is 407 g/mol. The van der Waals surface area contributed by atoms with Crippen LogP contribution in [0.4, 0.5) is 0 Å². The summed E-state index contributed by atoms with van der Waals surface area (Å²) >= 11 is 4.11. The molecule has 26 heavy (non-hydrogen) atoms. The van der Waals surface area contributed by atoms with Crippen molar-refractivity contribution in [2.75, 3.05) is 0 Å². The molecule has 0 saturated carbocycles. The summed E-state index contributed by atoms with van der Waals surface area (Å²) in [6, 6.07) is 28.9. The van der Waals surface area contributed by atoms with Gasteiger partial charge in [0.1, 0.15) is 15.9 Å². The molecule has 3 rings (SSSR count). The van der Waals surface area contributed by atoms with Crippen molar-refractivity contribution >= 4 is 43.3 Å². The molecule has 0 spiro atoms. The molecule has 0 radical (unpaired) electrons. The highest BCUT2D eigenvalue weighted by atomic mass is 79.9. The summed E-state index contributed by atoms with van der Waals surface area (Å²) in [7, 11) is 0. The zero-order chi connectivity index (χ0) is 18.6. The maximum atomic E-state index is 11.5. The van der Waals surface area contributed by atoms with Crippen LogP contribution in [0.3, 0.4) is 0 Å². The Bertz CT molecular complexity index is 824. The summed E-state index contributed by atoms with van der Waals surface area (Å²) in [6.45, 7) is 1.91. The Balaban J connectivity index is 2.11. The van der Waals surface area contributed by atoms with Gasteiger partial charge < -0.3 is 5.11 Å². The van der Waals surface area contributed by atoms with Gasteiger partial charge in [0.05, 0.1) is 5.92 Å². The zero-order valence-corrected chi connectivity index (χ0v) is 17.0. The van der Waals surface area contributed by atoms with Gasteiger partial charge in [-0.3, -0.25) is 4.79 Å². The van der Waals surface area contributed by atoms with Gasteiger partial charge in [0.15, 0.2) is 21.5 Å². The maximum absolute atomic E-state index is 11.5. The lowest BCUT2D eigenvalue weighted by Crippen LogP contribution is -2.27. The van der Waals surface area contributed by atoms with Crippen LogP contribution in [-0.2, 0) is 4.79 Å². The lowest BCUT2D eigenvalue weighted by Gasteiger charge is -2.20. The van der Waals surface area contributed by atoms with Crippen molar-refractivity contribution in [3.05, 3.63) is 90.5 Å². The molecule has 2 nitrogen and oxygen atoms in total. The Morgan fingerprint density at radius 3 is 1.65 bits per heavy atom. The van der Waals surface area contributed by atoms with E-state index in [1.54, 1.807) is 0 Å². The van der Waals surface area contributed by atoms with Gasteiger partial charge in [-0.2, -0.15) is 0 Å². The summed E-state index contributed by atoms with van der Waals surface area (Å²) < 4.78 is 0. The molecule has 0 amide bonds. The van der Waals surface area contributed by atoms with E-state index in [4.69, 9.17) is 0 Å². The molecule has 0 aliphatic rings. The van der Waals surface area contributed by atoms with Crippen molar-refractivity contribution in [1.82, 2.24) is 0 Å². The first-order valence-electron chi connectivity index (χ1n) is 8.60. The van der Waals surface area contributed by atoms with Crippen LogP contribution in [0.15, 0.2) is 84.9 Å². The number of halogens is 1. The second kappa shape index (κ2) is 8.16. The minimum Gasteiger partial charge on any atom is -0.481 e. The highest BCUT2D eigenvalue weighted by molar-refractivity contribution is 9.44. The number of benzene rings is 3. The van der Waals surface area contributed by atoms with Crippen molar-refractivity contribution in [1.29, 1.82) is 0 Å². The van der Waals surface area contributed by atoms with Crippen molar-refractivity contribution in [3.63, 3.8) is 0 Å². The fraction of sp³-hybridized carbons (Fsp3) is 0.136. The van der Waals surface area contributed by atoms with Gasteiger partial charge in [-0.1, -0.05) is 55.5 Å². The van der Waals surface area contributed by atoms with E-state index in [2.05, 4.69) is 76.2 Å². The first kappa shape index (κ1) is 18.8. The molecule has 0 bridgehead atoms. The number of carboxylic acids is 1. The average molecular weight is 428 g/mol. The van der Waals surface area contributed by atoms with Crippen LogP contribution in [0.25, 0.3) is 0 Å².